The molecule has 3 rings (SSSR count). The lowest BCUT2D eigenvalue weighted by molar-refractivity contribution is 0.786. The molecule has 0 amide bonds. The van der Waals surface area contributed by atoms with Crippen molar-refractivity contribution in [2.45, 2.75) is 12.5 Å². The molecule has 3 N–H and O–H groups in total. The minimum atomic E-state index is 0.501. The lowest BCUT2D eigenvalue weighted by atomic mass is 10.2. The van der Waals surface area contributed by atoms with E-state index in [0.717, 1.165) is 34.8 Å². The molecule has 3 heterocycles. The number of anilines is 1. The lowest BCUT2D eigenvalue weighted by Gasteiger charge is -2.08. The van der Waals surface area contributed by atoms with Gasteiger partial charge in [0.25, 0.3) is 0 Å². The van der Waals surface area contributed by atoms with Crippen molar-refractivity contribution in [2.24, 2.45) is 0 Å². The highest BCUT2D eigenvalue weighted by atomic mass is 79.9. The summed E-state index contributed by atoms with van der Waals surface area (Å²) in [6.45, 7) is 2.11. The maximum atomic E-state index is 4.29. The van der Waals surface area contributed by atoms with Crippen molar-refractivity contribution in [2.75, 3.05) is 18.4 Å². The summed E-state index contributed by atoms with van der Waals surface area (Å²) in [5.74, 6) is 0.929. The summed E-state index contributed by atoms with van der Waals surface area (Å²) in [7, 11) is 0. The highest BCUT2D eigenvalue weighted by Crippen LogP contribution is 2.31. The second kappa shape index (κ2) is 4.80. The number of rotatable bonds is 3. The number of hydrogen-bond donors (Lipinski definition) is 3. The predicted octanol–water partition coefficient (Wildman–Crippen LogP) is 2.67. The summed E-state index contributed by atoms with van der Waals surface area (Å²) >= 11 is 5.17. The van der Waals surface area contributed by atoms with E-state index in [1.807, 2.05) is 0 Å². The molecule has 0 aliphatic carbocycles. The van der Waals surface area contributed by atoms with Crippen LogP contribution in [0.3, 0.4) is 0 Å². The van der Waals surface area contributed by atoms with Crippen molar-refractivity contribution < 1.29 is 0 Å². The summed E-state index contributed by atoms with van der Waals surface area (Å²) < 4.78 is 1.14. The minimum absolute atomic E-state index is 0.501. The maximum absolute atomic E-state index is 4.29. The number of thiophene rings is 1. The Morgan fingerprint density at radius 3 is 3.12 bits per heavy atom. The van der Waals surface area contributed by atoms with Crippen LogP contribution in [0.2, 0.25) is 0 Å². The van der Waals surface area contributed by atoms with Gasteiger partial charge < -0.3 is 10.6 Å². The number of hydrogen-bond acceptors (Lipinski definition) is 4. The molecule has 1 atom stereocenters. The van der Waals surface area contributed by atoms with Crippen molar-refractivity contribution in [1.82, 2.24) is 15.5 Å². The molecule has 6 heteroatoms. The third-order valence-corrected chi connectivity index (χ3v) is 4.49. The average Bonchev–Trinajstić information content (AvgIpc) is 2.99. The second-order valence-corrected chi connectivity index (χ2v) is 6.57. The van der Waals surface area contributed by atoms with E-state index in [2.05, 4.69) is 55.0 Å². The SMILES string of the molecule is Brc1ccc(-c2cc(NC3CCNC3)n[nH]2)s1. The highest BCUT2D eigenvalue weighted by Gasteiger charge is 2.15. The van der Waals surface area contributed by atoms with Gasteiger partial charge in [0.15, 0.2) is 0 Å². The molecule has 90 valence electrons. The molecule has 1 saturated heterocycles. The molecule has 17 heavy (non-hydrogen) atoms. The minimum Gasteiger partial charge on any atom is -0.365 e. The van der Waals surface area contributed by atoms with Crippen LogP contribution in [0.1, 0.15) is 6.42 Å². The van der Waals surface area contributed by atoms with Crippen LogP contribution in [0.5, 0.6) is 0 Å². The molecule has 1 fully saturated rings. The van der Waals surface area contributed by atoms with Gasteiger partial charge in [-0.15, -0.1) is 11.3 Å². The van der Waals surface area contributed by atoms with Crippen LogP contribution in [0.4, 0.5) is 5.82 Å². The topological polar surface area (TPSA) is 52.7 Å². The largest absolute Gasteiger partial charge is 0.365 e. The fraction of sp³-hybridized carbons (Fsp3) is 0.364. The van der Waals surface area contributed by atoms with E-state index < -0.39 is 0 Å². The zero-order chi connectivity index (χ0) is 11.7. The number of halogens is 1. The molecule has 0 bridgehead atoms. The second-order valence-electron chi connectivity index (χ2n) is 4.10. The molecule has 0 aromatic carbocycles. The van der Waals surface area contributed by atoms with Crippen LogP contribution < -0.4 is 10.6 Å². The molecular weight excluding hydrogens is 300 g/mol. The standard InChI is InChI=1S/C11H13BrN4S/c12-10-2-1-9(17-10)8-5-11(16-15-8)14-7-3-4-13-6-7/h1-2,5,7,13H,3-4,6H2,(H2,14,15,16). The Morgan fingerprint density at radius 1 is 1.47 bits per heavy atom. The van der Waals surface area contributed by atoms with Gasteiger partial charge in [0.2, 0.25) is 0 Å². The quantitative estimate of drug-likeness (QED) is 0.816. The monoisotopic (exact) mass is 312 g/mol. The van der Waals surface area contributed by atoms with Crippen molar-refractivity contribution >= 4 is 33.1 Å². The maximum Gasteiger partial charge on any atom is 0.148 e. The predicted molar refractivity (Wildman–Crippen MR) is 74.5 cm³/mol. The third-order valence-electron chi connectivity index (χ3n) is 2.83. The van der Waals surface area contributed by atoms with Crippen molar-refractivity contribution in [1.29, 1.82) is 0 Å². The van der Waals surface area contributed by atoms with E-state index in [4.69, 9.17) is 0 Å². The van der Waals surface area contributed by atoms with Crippen LogP contribution >= 0.6 is 27.3 Å². The van der Waals surface area contributed by atoms with E-state index >= 15 is 0 Å². The fourth-order valence-electron chi connectivity index (χ4n) is 1.97. The molecule has 0 radical (unpaired) electrons. The van der Waals surface area contributed by atoms with Crippen LogP contribution in [-0.2, 0) is 0 Å². The summed E-state index contributed by atoms with van der Waals surface area (Å²) in [5, 5.41) is 14.1. The van der Waals surface area contributed by atoms with Crippen molar-refractivity contribution in [3.05, 3.63) is 22.0 Å². The molecule has 2 aromatic heterocycles. The molecular formula is C11H13BrN4S. The van der Waals surface area contributed by atoms with Gasteiger partial charge in [-0.2, -0.15) is 5.10 Å². The Labute approximate surface area is 112 Å². The van der Waals surface area contributed by atoms with Gasteiger partial charge in [-0.05, 0) is 41.0 Å². The first-order valence-corrected chi connectivity index (χ1v) is 7.20. The van der Waals surface area contributed by atoms with Gasteiger partial charge in [-0.25, -0.2) is 0 Å². The summed E-state index contributed by atoms with van der Waals surface area (Å²) in [5.41, 5.74) is 1.06. The average molecular weight is 313 g/mol. The van der Waals surface area contributed by atoms with Crippen LogP contribution in [0.25, 0.3) is 10.6 Å². The Bertz CT molecular complexity index is 501. The molecule has 1 unspecified atom stereocenters. The zero-order valence-electron chi connectivity index (χ0n) is 9.16. The smallest absolute Gasteiger partial charge is 0.148 e. The fourth-order valence-corrected chi connectivity index (χ4v) is 3.32. The van der Waals surface area contributed by atoms with Gasteiger partial charge >= 0.3 is 0 Å². The van der Waals surface area contributed by atoms with E-state index in [1.54, 1.807) is 11.3 Å². The van der Waals surface area contributed by atoms with Crippen molar-refractivity contribution in [3.8, 4) is 10.6 Å². The van der Waals surface area contributed by atoms with Gasteiger partial charge in [-0.1, -0.05) is 0 Å². The van der Waals surface area contributed by atoms with Crippen LogP contribution in [0.15, 0.2) is 22.0 Å². The number of aromatic amines is 1. The molecule has 2 aromatic rings. The van der Waals surface area contributed by atoms with Crippen LogP contribution in [-0.4, -0.2) is 29.3 Å². The Morgan fingerprint density at radius 2 is 2.41 bits per heavy atom. The first-order chi connectivity index (χ1) is 8.31. The Hall–Kier alpha value is -0.850. The number of nitrogens with zero attached hydrogens (tertiary/aromatic N) is 1. The van der Waals surface area contributed by atoms with Crippen molar-refractivity contribution in [3.63, 3.8) is 0 Å². The first kappa shape index (κ1) is 11.3. The van der Waals surface area contributed by atoms with E-state index in [1.165, 1.54) is 4.88 Å². The number of aromatic nitrogens is 2. The summed E-state index contributed by atoms with van der Waals surface area (Å²) in [4.78, 5) is 1.20. The molecule has 0 spiro atoms. The van der Waals surface area contributed by atoms with Crippen LogP contribution in [0, 0.1) is 0 Å². The molecule has 1 aliphatic rings. The van der Waals surface area contributed by atoms with Gasteiger partial charge in [0, 0.05) is 18.7 Å². The first-order valence-electron chi connectivity index (χ1n) is 5.59. The molecule has 4 nitrogen and oxygen atoms in total. The lowest BCUT2D eigenvalue weighted by Crippen LogP contribution is -2.22. The Balaban J connectivity index is 1.73. The summed E-state index contributed by atoms with van der Waals surface area (Å²) in [6, 6.07) is 6.70. The molecule has 0 saturated carbocycles. The third kappa shape index (κ3) is 2.53. The Kier molecular flexibility index (Phi) is 3.17. The molecule has 1 aliphatic heterocycles. The highest BCUT2D eigenvalue weighted by molar-refractivity contribution is 9.11. The van der Waals surface area contributed by atoms with Gasteiger partial charge in [-0.3, -0.25) is 5.10 Å². The number of nitrogens with one attached hydrogen (secondary N) is 3. The number of H-pyrrole nitrogens is 1. The van der Waals surface area contributed by atoms with Gasteiger partial charge in [0.1, 0.15) is 5.82 Å². The van der Waals surface area contributed by atoms with E-state index in [-0.39, 0.29) is 0 Å². The normalized spacial score (nSPS) is 19.7. The summed E-state index contributed by atoms with van der Waals surface area (Å²) in [6.07, 6.45) is 1.16. The van der Waals surface area contributed by atoms with Gasteiger partial charge in [0.05, 0.1) is 14.4 Å². The van der Waals surface area contributed by atoms with E-state index in [9.17, 15) is 0 Å². The zero-order valence-corrected chi connectivity index (χ0v) is 11.6. The van der Waals surface area contributed by atoms with E-state index in [0.29, 0.717) is 6.04 Å².